The Kier molecular flexibility index (Phi) is 6.75. The Morgan fingerprint density at radius 3 is 2.41 bits per heavy atom. The van der Waals surface area contributed by atoms with Gasteiger partial charge in [-0.2, -0.15) is 0 Å². The van der Waals surface area contributed by atoms with Crippen molar-refractivity contribution in [2.75, 3.05) is 29.1 Å². The Balaban J connectivity index is 1.63. The lowest BCUT2D eigenvalue weighted by molar-refractivity contribution is -0.114. The second-order valence-electron chi connectivity index (χ2n) is 6.28. The zero-order valence-corrected chi connectivity index (χ0v) is 17.2. The summed E-state index contributed by atoms with van der Waals surface area (Å²) in [5.41, 5.74) is 2.41. The minimum Gasteiger partial charge on any atom is -0.376 e. The van der Waals surface area contributed by atoms with Crippen molar-refractivity contribution in [1.29, 1.82) is 0 Å². The van der Waals surface area contributed by atoms with Crippen LogP contribution in [0.5, 0.6) is 0 Å². The molecule has 0 radical (unpaired) electrons. The van der Waals surface area contributed by atoms with Crippen LogP contribution in [0.4, 0.5) is 17.1 Å². The van der Waals surface area contributed by atoms with Crippen LogP contribution in [0.15, 0.2) is 72.8 Å². The number of hydrogen-bond donors (Lipinski definition) is 2. The van der Waals surface area contributed by atoms with E-state index in [-0.39, 0.29) is 18.4 Å². The number of halogens is 2. The Morgan fingerprint density at radius 2 is 1.66 bits per heavy atom. The Hall–Kier alpha value is -3.02. The third-order valence-electron chi connectivity index (χ3n) is 4.24. The molecular formula is C22H19Cl2N3O2. The van der Waals surface area contributed by atoms with Crippen LogP contribution in [-0.2, 0) is 4.79 Å². The minimum atomic E-state index is -0.285. The highest BCUT2D eigenvalue weighted by atomic mass is 35.5. The van der Waals surface area contributed by atoms with E-state index in [0.717, 1.165) is 5.69 Å². The first-order valence-corrected chi connectivity index (χ1v) is 9.62. The van der Waals surface area contributed by atoms with Crippen LogP contribution in [0.25, 0.3) is 0 Å². The van der Waals surface area contributed by atoms with Gasteiger partial charge in [-0.1, -0.05) is 53.5 Å². The monoisotopic (exact) mass is 427 g/mol. The molecule has 0 spiro atoms. The van der Waals surface area contributed by atoms with Crippen LogP contribution in [0, 0.1) is 0 Å². The predicted molar refractivity (Wildman–Crippen MR) is 119 cm³/mol. The van der Waals surface area contributed by atoms with Gasteiger partial charge in [0.1, 0.15) is 0 Å². The van der Waals surface area contributed by atoms with Crippen LogP contribution in [-0.4, -0.2) is 25.4 Å². The molecule has 2 amide bonds. The molecule has 0 aliphatic carbocycles. The van der Waals surface area contributed by atoms with E-state index >= 15 is 0 Å². The number of nitrogens with zero attached hydrogens (tertiary/aromatic N) is 1. The maximum Gasteiger partial charge on any atom is 0.258 e. The third-order valence-corrected chi connectivity index (χ3v) is 5.06. The molecule has 0 bridgehead atoms. The van der Waals surface area contributed by atoms with Gasteiger partial charge in [0.15, 0.2) is 0 Å². The quantitative estimate of drug-likeness (QED) is 0.559. The highest BCUT2D eigenvalue weighted by Gasteiger charge is 2.14. The number of hydrogen-bond acceptors (Lipinski definition) is 3. The SMILES string of the molecule is CN(C(=O)c1cccc(NCC(=O)Nc2cccc(Cl)c2Cl)c1)c1ccccc1. The van der Waals surface area contributed by atoms with Crippen molar-refractivity contribution in [3.8, 4) is 0 Å². The standard InChI is InChI=1S/C22H19Cl2N3O2/c1-27(17-9-3-2-4-10-17)22(29)15-7-5-8-16(13-15)25-14-20(28)26-19-12-6-11-18(23)21(19)24/h2-13,25H,14H2,1H3,(H,26,28). The van der Waals surface area contributed by atoms with Gasteiger partial charge in [-0.05, 0) is 42.5 Å². The van der Waals surface area contributed by atoms with Crippen molar-refractivity contribution >= 4 is 52.1 Å². The van der Waals surface area contributed by atoms with E-state index in [2.05, 4.69) is 10.6 Å². The maximum atomic E-state index is 12.7. The van der Waals surface area contributed by atoms with Gasteiger partial charge in [-0.15, -0.1) is 0 Å². The molecule has 29 heavy (non-hydrogen) atoms. The predicted octanol–water partition coefficient (Wildman–Crippen LogP) is 5.32. The summed E-state index contributed by atoms with van der Waals surface area (Å²) in [6.07, 6.45) is 0. The highest BCUT2D eigenvalue weighted by Crippen LogP contribution is 2.29. The fourth-order valence-electron chi connectivity index (χ4n) is 2.70. The zero-order chi connectivity index (χ0) is 20.8. The summed E-state index contributed by atoms with van der Waals surface area (Å²) in [5.74, 6) is -0.428. The average Bonchev–Trinajstić information content (AvgIpc) is 2.75. The van der Waals surface area contributed by atoms with Crippen molar-refractivity contribution in [3.63, 3.8) is 0 Å². The Bertz CT molecular complexity index is 1030. The van der Waals surface area contributed by atoms with Gasteiger partial charge >= 0.3 is 0 Å². The molecule has 0 aromatic heterocycles. The van der Waals surface area contributed by atoms with Crippen LogP contribution in [0.2, 0.25) is 10.0 Å². The van der Waals surface area contributed by atoms with Gasteiger partial charge in [0.25, 0.3) is 5.91 Å². The van der Waals surface area contributed by atoms with Crippen molar-refractivity contribution in [2.24, 2.45) is 0 Å². The van der Waals surface area contributed by atoms with E-state index in [1.807, 2.05) is 30.3 Å². The summed E-state index contributed by atoms with van der Waals surface area (Å²) >= 11 is 12.0. The van der Waals surface area contributed by atoms with E-state index in [1.54, 1.807) is 54.4 Å². The van der Waals surface area contributed by atoms with Crippen molar-refractivity contribution in [3.05, 3.63) is 88.4 Å². The Labute approximate surface area is 179 Å². The summed E-state index contributed by atoms with van der Waals surface area (Å²) in [6.45, 7) is 0.00894. The number of para-hydroxylation sites is 1. The second-order valence-corrected chi connectivity index (χ2v) is 7.07. The van der Waals surface area contributed by atoms with E-state index in [0.29, 0.717) is 27.0 Å². The molecule has 2 N–H and O–H groups in total. The van der Waals surface area contributed by atoms with Gasteiger partial charge in [-0.3, -0.25) is 9.59 Å². The number of nitrogens with one attached hydrogen (secondary N) is 2. The first kappa shape index (κ1) is 20.7. The van der Waals surface area contributed by atoms with E-state index in [1.165, 1.54) is 0 Å². The maximum absolute atomic E-state index is 12.7. The summed E-state index contributed by atoms with van der Waals surface area (Å²) in [6, 6.07) is 21.4. The molecule has 3 aromatic rings. The number of carbonyl (C=O) groups excluding carboxylic acids is 2. The molecule has 3 aromatic carbocycles. The van der Waals surface area contributed by atoms with Gasteiger partial charge in [0.05, 0.1) is 22.3 Å². The smallest absolute Gasteiger partial charge is 0.258 e. The first-order chi connectivity index (χ1) is 14.0. The van der Waals surface area contributed by atoms with E-state index < -0.39 is 0 Å². The second kappa shape index (κ2) is 9.45. The molecule has 0 atom stereocenters. The number of anilines is 3. The minimum absolute atomic E-state index is 0.00894. The van der Waals surface area contributed by atoms with Crippen molar-refractivity contribution < 1.29 is 9.59 Å². The summed E-state index contributed by atoms with van der Waals surface area (Å²) < 4.78 is 0. The van der Waals surface area contributed by atoms with E-state index in [9.17, 15) is 9.59 Å². The lowest BCUT2D eigenvalue weighted by Gasteiger charge is -2.18. The highest BCUT2D eigenvalue weighted by molar-refractivity contribution is 6.44. The molecule has 5 nitrogen and oxygen atoms in total. The summed E-state index contributed by atoms with van der Waals surface area (Å²) in [5, 5.41) is 6.38. The van der Waals surface area contributed by atoms with Crippen LogP contribution >= 0.6 is 23.2 Å². The molecule has 0 unspecified atom stereocenters. The molecule has 148 valence electrons. The van der Waals surface area contributed by atoms with Gasteiger partial charge in [0.2, 0.25) is 5.91 Å². The third kappa shape index (κ3) is 5.28. The lowest BCUT2D eigenvalue weighted by atomic mass is 10.1. The summed E-state index contributed by atoms with van der Waals surface area (Å²) in [7, 11) is 1.72. The number of amides is 2. The topological polar surface area (TPSA) is 61.4 Å². The fourth-order valence-corrected chi connectivity index (χ4v) is 3.05. The molecule has 0 saturated heterocycles. The normalized spacial score (nSPS) is 10.3. The number of carbonyl (C=O) groups is 2. The molecule has 0 saturated carbocycles. The molecule has 0 aliphatic rings. The molecule has 0 fully saturated rings. The van der Waals surface area contributed by atoms with Gasteiger partial charge in [-0.25, -0.2) is 0 Å². The van der Waals surface area contributed by atoms with Gasteiger partial charge < -0.3 is 15.5 Å². The number of rotatable bonds is 6. The lowest BCUT2D eigenvalue weighted by Crippen LogP contribution is -2.26. The van der Waals surface area contributed by atoms with Crippen molar-refractivity contribution in [1.82, 2.24) is 0 Å². The van der Waals surface area contributed by atoms with Crippen LogP contribution < -0.4 is 15.5 Å². The molecule has 3 rings (SSSR count). The zero-order valence-electron chi connectivity index (χ0n) is 15.7. The van der Waals surface area contributed by atoms with Crippen molar-refractivity contribution in [2.45, 2.75) is 0 Å². The largest absolute Gasteiger partial charge is 0.376 e. The molecular weight excluding hydrogens is 409 g/mol. The Morgan fingerprint density at radius 1 is 0.931 bits per heavy atom. The first-order valence-electron chi connectivity index (χ1n) is 8.86. The van der Waals surface area contributed by atoms with E-state index in [4.69, 9.17) is 23.2 Å². The van der Waals surface area contributed by atoms with Crippen LogP contribution in [0.1, 0.15) is 10.4 Å². The molecule has 0 aliphatic heterocycles. The molecule has 0 heterocycles. The molecule has 7 heteroatoms. The van der Waals surface area contributed by atoms with Crippen LogP contribution in [0.3, 0.4) is 0 Å². The summed E-state index contributed by atoms with van der Waals surface area (Å²) in [4.78, 5) is 26.5. The average molecular weight is 428 g/mol. The van der Waals surface area contributed by atoms with Gasteiger partial charge in [0, 0.05) is 24.0 Å². The fraction of sp³-hybridized carbons (Fsp3) is 0.0909. The number of benzene rings is 3.